The molecule has 0 unspecified atom stereocenters. The minimum Gasteiger partial charge on any atom is -0.462 e. The van der Waals surface area contributed by atoms with E-state index in [2.05, 4.69) is 51.3 Å². The predicted molar refractivity (Wildman–Crippen MR) is 159 cm³/mol. The van der Waals surface area contributed by atoms with Crippen molar-refractivity contribution in [2.45, 2.75) is 42.3 Å². The number of ether oxygens (including phenoxy) is 1. The van der Waals surface area contributed by atoms with Crippen LogP contribution in [0.5, 0.6) is 0 Å². The molecule has 0 saturated carbocycles. The van der Waals surface area contributed by atoms with E-state index < -0.39 is 9.23 Å². The lowest BCUT2D eigenvalue weighted by Gasteiger charge is -2.00. The van der Waals surface area contributed by atoms with Crippen molar-refractivity contribution in [3.8, 4) is 0 Å². The fourth-order valence-corrected chi connectivity index (χ4v) is 2.88. The zero-order chi connectivity index (χ0) is 28.1. The van der Waals surface area contributed by atoms with E-state index in [1.54, 1.807) is 31.7 Å². The number of hydrogen-bond acceptors (Lipinski definition) is 13. The Labute approximate surface area is 252 Å². The maximum Gasteiger partial charge on any atom is 0.341 e. The number of carbonyl (C=O) groups is 1. The molecule has 0 aliphatic heterocycles. The van der Waals surface area contributed by atoms with Gasteiger partial charge in [-0.25, -0.2) is 38.9 Å². The van der Waals surface area contributed by atoms with Gasteiger partial charge in [-0.05, 0) is 25.7 Å². The third-order valence-electron chi connectivity index (χ3n) is 3.39. The van der Waals surface area contributed by atoms with Crippen molar-refractivity contribution in [2.24, 2.45) is 0 Å². The average Bonchev–Trinajstić information content (AvgIpc) is 2.93. The number of hydrogen-bond donors (Lipinski definition) is 1. The van der Waals surface area contributed by atoms with Gasteiger partial charge in [-0.1, -0.05) is 42.7 Å². The largest absolute Gasteiger partial charge is 0.462 e. The first-order valence-electron chi connectivity index (χ1n) is 9.88. The standard InChI is InChI=1S/C8H10N2O2S.C6H7ClN2S.C6H8N2OS.CH4.Cl2OS/c1-3-12-7(11)6-4-9-8(13-2)10-5-6;1-10-6-8-3-5(2-7)4-9-6;1-10-6-7-2-5(4-9)3-8-6;;1-4(2)3/h4-5H,3H2,1-2H3;3-4H,2H2,1H3;2-3,9H,4H2,1H3;1H4;. The summed E-state index contributed by atoms with van der Waals surface area (Å²) in [6.07, 6.45) is 15.4. The first-order valence-corrected chi connectivity index (χ1v) is 16.9. The summed E-state index contributed by atoms with van der Waals surface area (Å²) in [4.78, 5) is 35.0. The molecule has 0 fully saturated rings. The summed E-state index contributed by atoms with van der Waals surface area (Å²) in [6, 6.07) is 0. The quantitative estimate of drug-likeness (QED) is 0.109. The van der Waals surface area contributed by atoms with E-state index in [-0.39, 0.29) is 20.0 Å². The van der Waals surface area contributed by atoms with Crippen molar-refractivity contribution in [1.29, 1.82) is 0 Å². The monoisotopic (exact) mass is 662 g/mol. The zero-order valence-corrected chi connectivity index (χ0v) is 25.7. The molecule has 0 amide bonds. The van der Waals surface area contributed by atoms with Gasteiger partial charge in [0, 0.05) is 69.7 Å². The van der Waals surface area contributed by atoms with Gasteiger partial charge in [-0.15, -0.1) is 11.6 Å². The molecular weight excluding hydrogens is 635 g/mol. The van der Waals surface area contributed by atoms with Crippen LogP contribution < -0.4 is 0 Å². The van der Waals surface area contributed by atoms with Crippen LogP contribution in [0.1, 0.15) is 35.8 Å². The molecule has 0 radical (unpaired) electrons. The molecule has 38 heavy (non-hydrogen) atoms. The van der Waals surface area contributed by atoms with E-state index in [4.69, 9.17) is 25.7 Å². The van der Waals surface area contributed by atoms with Crippen molar-refractivity contribution in [3.05, 3.63) is 53.9 Å². The smallest absolute Gasteiger partial charge is 0.341 e. The Balaban J connectivity index is 0. The van der Waals surface area contributed by atoms with Crippen LogP contribution in [0.15, 0.2) is 52.7 Å². The molecule has 3 heterocycles. The van der Waals surface area contributed by atoms with Gasteiger partial charge in [-0.3, -0.25) is 0 Å². The molecule has 10 nitrogen and oxygen atoms in total. The van der Waals surface area contributed by atoms with Crippen LogP contribution in [0.25, 0.3) is 0 Å². The number of carbonyl (C=O) groups excluding carboxylic acids is 1. The number of halogens is 3. The number of alkyl halides is 1. The topological polar surface area (TPSA) is 141 Å². The van der Waals surface area contributed by atoms with Crippen molar-refractivity contribution < 1.29 is 18.8 Å². The Morgan fingerprint density at radius 1 is 0.842 bits per heavy atom. The molecule has 0 spiro atoms. The van der Waals surface area contributed by atoms with E-state index >= 15 is 0 Å². The van der Waals surface area contributed by atoms with Gasteiger partial charge in [0.1, 0.15) is 0 Å². The van der Waals surface area contributed by atoms with Gasteiger partial charge in [0.25, 0.3) is 0 Å². The van der Waals surface area contributed by atoms with Crippen LogP contribution in [0.2, 0.25) is 0 Å². The molecule has 0 aliphatic carbocycles. The third kappa shape index (κ3) is 18.9. The number of esters is 1. The lowest BCUT2D eigenvalue weighted by Crippen LogP contribution is -2.05. The number of nitrogens with zero attached hydrogens (tertiary/aromatic N) is 6. The number of aromatic nitrogens is 6. The summed E-state index contributed by atoms with van der Waals surface area (Å²) in [6.45, 7) is 2.13. The SMILES string of the molecule is C.CCOC(=O)c1cnc(SC)nc1.CSc1ncc(CCl)cn1.CSc1ncc(CO)cn1.O=S(Cl)Cl. The van der Waals surface area contributed by atoms with Crippen LogP contribution in [0, 0.1) is 0 Å². The first-order chi connectivity index (χ1) is 17.7. The second kappa shape index (κ2) is 24.8. The van der Waals surface area contributed by atoms with Crippen molar-refractivity contribution >= 4 is 83.4 Å². The summed E-state index contributed by atoms with van der Waals surface area (Å²) in [5, 5.41) is 10.8. The van der Waals surface area contributed by atoms with E-state index in [9.17, 15) is 4.79 Å². The highest BCUT2D eigenvalue weighted by molar-refractivity contribution is 8.26. The fourth-order valence-electron chi connectivity index (χ4n) is 1.79. The van der Waals surface area contributed by atoms with Crippen LogP contribution in [0.4, 0.5) is 0 Å². The van der Waals surface area contributed by atoms with Gasteiger partial charge in [-0.2, -0.15) is 0 Å². The Morgan fingerprint density at radius 3 is 1.47 bits per heavy atom. The van der Waals surface area contributed by atoms with Gasteiger partial charge in [0.05, 0.1) is 24.7 Å². The zero-order valence-electron chi connectivity index (χ0n) is 20.2. The molecule has 0 aliphatic rings. The van der Waals surface area contributed by atoms with E-state index in [0.717, 1.165) is 21.4 Å². The first kappa shape index (κ1) is 38.9. The molecule has 0 aromatic carbocycles. The molecular formula is C21H29Cl3N6O4S4. The van der Waals surface area contributed by atoms with Crippen LogP contribution in [0.3, 0.4) is 0 Å². The highest BCUT2D eigenvalue weighted by Crippen LogP contribution is 2.09. The van der Waals surface area contributed by atoms with Gasteiger partial charge >= 0.3 is 5.97 Å². The maximum atomic E-state index is 11.1. The highest BCUT2D eigenvalue weighted by Gasteiger charge is 2.06. The Hall–Kier alpha value is -1.26. The van der Waals surface area contributed by atoms with Crippen LogP contribution in [-0.4, -0.2) is 70.6 Å². The summed E-state index contributed by atoms with van der Waals surface area (Å²) < 4.78 is 13.9. The number of thioether (sulfide) groups is 3. The van der Waals surface area contributed by atoms with E-state index in [0.29, 0.717) is 23.2 Å². The Morgan fingerprint density at radius 2 is 1.18 bits per heavy atom. The maximum absolute atomic E-state index is 11.1. The average molecular weight is 664 g/mol. The Bertz CT molecular complexity index is 943. The number of aliphatic hydroxyl groups is 1. The summed E-state index contributed by atoms with van der Waals surface area (Å²) in [7, 11) is 7.36. The lowest BCUT2D eigenvalue weighted by atomic mass is 10.3. The molecule has 3 aromatic rings. The summed E-state index contributed by atoms with van der Waals surface area (Å²) in [5.74, 6) is 0.101. The van der Waals surface area contributed by atoms with Crippen LogP contribution >= 0.6 is 68.3 Å². The lowest BCUT2D eigenvalue weighted by molar-refractivity contribution is 0.0525. The summed E-state index contributed by atoms with van der Waals surface area (Å²) in [5.41, 5.74) is 2.09. The molecule has 3 rings (SSSR count). The third-order valence-corrected chi connectivity index (χ3v) is 5.42. The second-order valence-electron chi connectivity index (χ2n) is 5.81. The minimum atomic E-state index is -1.67. The Kier molecular flexibility index (Phi) is 25.3. The second-order valence-corrected chi connectivity index (χ2v) is 10.9. The molecule has 1 N–H and O–H groups in total. The number of aliphatic hydroxyl groups excluding tert-OH is 1. The highest BCUT2D eigenvalue weighted by atomic mass is 36.0. The predicted octanol–water partition coefficient (Wildman–Crippen LogP) is 5.68. The molecule has 212 valence electrons. The minimum absolute atomic E-state index is 0. The van der Waals surface area contributed by atoms with Gasteiger partial charge in [0.15, 0.2) is 15.5 Å². The molecule has 17 heteroatoms. The summed E-state index contributed by atoms with van der Waals surface area (Å²) >= 11 is 9.97. The van der Waals surface area contributed by atoms with E-state index in [1.807, 2.05) is 18.8 Å². The molecule has 0 bridgehead atoms. The number of rotatable bonds is 7. The molecule has 0 atom stereocenters. The van der Waals surface area contributed by atoms with Crippen molar-refractivity contribution in [3.63, 3.8) is 0 Å². The normalized spacial score (nSPS) is 9.39. The molecule has 0 saturated heterocycles. The van der Waals surface area contributed by atoms with Crippen molar-refractivity contribution in [1.82, 2.24) is 29.9 Å². The molecule has 3 aromatic heterocycles. The van der Waals surface area contributed by atoms with Crippen LogP contribution in [-0.2, 0) is 26.5 Å². The van der Waals surface area contributed by atoms with Gasteiger partial charge in [0.2, 0.25) is 9.23 Å². The van der Waals surface area contributed by atoms with Crippen molar-refractivity contribution in [2.75, 3.05) is 25.4 Å². The fraction of sp³-hybridized carbons (Fsp3) is 0.381. The van der Waals surface area contributed by atoms with E-state index in [1.165, 1.54) is 47.7 Å². The van der Waals surface area contributed by atoms with Gasteiger partial charge < -0.3 is 9.84 Å².